The lowest BCUT2D eigenvalue weighted by Crippen LogP contribution is -2.35. The topological polar surface area (TPSA) is 21.3 Å². The molecule has 0 aliphatic carbocycles. The van der Waals surface area contributed by atoms with Gasteiger partial charge in [0.2, 0.25) is 0 Å². The maximum atomic E-state index is 6.18. The van der Waals surface area contributed by atoms with E-state index in [0.717, 1.165) is 32.9 Å². The van der Waals surface area contributed by atoms with Gasteiger partial charge in [0.15, 0.2) is 0 Å². The molecule has 118 valence electrons. The Bertz CT molecular complexity index is 637. The minimum absolute atomic E-state index is 0.0579. The molecule has 2 aromatic rings. The predicted octanol–water partition coefficient (Wildman–Crippen LogP) is 5.57. The first-order valence-electron chi connectivity index (χ1n) is 7.25. The molecule has 0 fully saturated rings. The second-order valence-corrected chi connectivity index (χ2v) is 7.56. The predicted molar refractivity (Wildman–Crippen MR) is 96.5 cm³/mol. The molecule has 0 aliphatic heterocycles. The second kappa shape index (κ2) is 7.49. The smallest absolute Gasteiger partial charge is 0.124 e. The van der Waals surface area contributed by atoms with Crippen LogP contribution in [0, 0.1) is 0 Å². The molecule has 4 heteroatoms. The molecule has 0 unspecified atom stereocenters. The summed E-state index contributed by atoms with van der Waals surface area (Å²) in [5.74, 6) is 0.875. The molecule has 2 rings (SSSR count). The van der Waals surface area contributed by atoms with Crippen LogP contribution in [0.4, 0.5) is 0 Å². The van der Waals surface area contributed by atoms with Crippen LogP contribution in [0.1, 0.15) is 31.9 Å². The summed E-state index contributed by atoms with van der Waals surface area (Å²) < 4.78 is 7.02. The maximum Gasteiger partial charge on any atom is 0.124 e. The van der Waals surface area contributed by atoms with E-state index in [2.05, 4.69) is 48.1 Å². The van der Waals surface area contributed by atoms with Gasteiger partial charge in [0.05, 0.1) is 0 Å². The van der Waals surface area contributed by atoms with Crippen LogP contribution in [0.25, 0.3) is 0 Å². The molecule has 2 nitrogen and oxygen atoms in total. The van der Waals surface area contributed by atoms with Crippen molar-refractivity contribution in [1.29, 1.82) is 0 Å². The lowest BCUT2D eigenvalue weighted by Gasteiger charge is -2.22. The van der Waals surface area contributed by atoms with Crippen molar-refractivity contribution in [2.24, 2.45) is 0 Å². The molecular formula is C18H21BrClNO. The van der Waals surface area contributed by atoms with Crippen molar-refractivity contribution in [3.63, 3.8) is 0 Å². The quantitative estimate of drug-likeness (QED) is 0.730. The molecule has 0 saturated carbocycles. The zero-order valence-electron chi connectivity index (χ0n) is 13.1. The number of ether oxygens (including phenoxy) is 1. The van der Waals surface area contributed by atoms with E-state index in [-0.39, 0.29) is 5.54 Å². The number of nitrogens with one attached hydrogen (secondary N) is 1. The molecule has 0 saturated heterocycles. The summed E-state index contributed by atoms with van der Waals surface area (Å²) in [6.45, 7) is 7.66. The Kier molecular flexibility index (Phi) is 5.90. The summed E-state index contributed by atoms with van der Waals surface area (Å²) in [5.41, 5.74) is 2.17. The largest absolute Gasteiger partial charge is 0.489 e. The van der Waals surface area contributed by atoms with Crippen LogP contribution < -0.4 is 10.1 Å². The van der Waals surface area contributed by atoms with E-state index in [1.807, 2.05) is 36.4 Å². The standard InChI is InChI=1S/C18H21BrClNO/c1-18(2,3)21-11-14-10-15(19)8-9-17(14)22-12-13-6-4-5-7-16(13)20/h4-10,21H,11-12H2,1-3H3. The fourth-order valence-electron chi connectivity index (χ4n) is 1.96. The Morgan fingerprint density at radius 2 is 1.82 bits per heavy atom. The monoisotopic (exact) mass is 381 g/mol. The van der Waals surface area contributed by atoms with Gasteiger partial charge in [-0.25, -0.2) is 0 Å². The first kappa shape index (κ1) is 17.3. The molecule has 0 bridgehead atoms. The maximum absolute atomic E-state index is 6.18. The fourth-order valence-corrected chi connectivity index (χ4v) is 2.56. The Labute approximate surface area is 146 Å². The van der Waals surface area contributed by atoms with Crippen LogP contribution in [-0.2, 0) is 13.2 Å². The number of halogens is 2. The van der Waals surface area contributed by atoms with Gasteiger partial charge in [-0.05, 0) is 45.0 Å². The van der Waals surface area contributed by atoms with Gasteiger partial charge in [-0.15, -0.1) is 0 Å². The third kappa shape index (κ3) is 5.31. The van der Waals surface area contributed by atoms with E-state index in [9.17, 15) is 0 Å². The number of rotatable bonds is 5. The summed E-state index contributed by atoms with van der Waals surface area (Å²) in [5, 5.41) is 4.22. The Morgan fingerprint density at radius 3 is 2.50 bits per heavy atom. The number of hydrogen-bond acceptors (Lipinski definition) is 2. The zero-order chi connectivity index (χ0) is 16.2. The van der Waals surface area contributed by atoms with E-state index in [1.165, 1.54) is 0 Å². The summed E-state index contributed by atoms with van der Waals surface area (Å²) >= 11 is 9.70. The van der Waals surface area contributed by atoms with Gasteiger partial charge in [-0.1, -0.05) is 45.7 Å². The van der Waals surface area contributed by atoms with Crippen molar-refractivity contribution in [3.05, 3.63) is 63.1 Å². The molecule has 0 aliphatic rings. The second-order valence-electron chi connectivity index (χ2n) is 6.24. The molecule has 0 atom stereocenters. The summed E-state index contributed by atoms with van der Waals surface area (Å²) in [7, 11) is 0. The first-order valence-corrected chi connectivity index (χ1v) is 8.42. The molecule has 1 N–H and O–H groups in total. The van der Waals surface area contributed by atoms with Crippen molar-refractivity contribution < 1.29 is 4.74 Å². The van der Waals surface area contributed by atoms with Crippen molar-refractivity contribution in [3.8, 4) is 5.75 Å². The summed E-state index contributed by atoms with van der Waals surface area (Å²) in [6.07, 6.45) is 0. The van der Waals surface area contributed by atoms with E-state index in [0.29, 0.717) is 6.61 Å². The van der Waals surface area contributed by atoms with Crippen LogP contribution in [-0.4, -0.2) is 5.54 Å². The van der Waals surface area contributed by atoms with Crippen molar-refractivity contribution in [2.75, 3.05) is 0 Å². The highest BCUT2D eigenvalue weighted by molar-refractivity contribution is 9.10. The van der Waals surface area contributed by atoms with Crippen LogP contribution >= 0.6 is 27.5 Å². The minimum Gasteiger partial charge on any atom is -0.489 e. The van der Waals surface area contributed by atoms with Gasteiger partial charge in [0.1, 0.15) is 12.4 Å². The third-order valence-corrected chi connectivity index (χ3v) is 4.03. The van der Waals surface area contributed by atoms with Gasteiger partial charge in [0.25, 0.3) is 0 Å². The van der Waals surface area contributed by atoms with Crippen molar-refractivity contribution in [1.82, 2.24) is 5.32 Å². The van der Waals surface area contributed by atoms with Crippen molar-refractivity contribution in [2.45, 2.75) is 39.5 Å². The van der Waals surface area contributed by atoms with Gasteiger partial charge in [-0.2, -0.15) is 0 Å². The number of benzene rings is 2. The SMILES string of the molecule is CC(C)(C)NCc1cc(Br)ccc1OCc1ccccc1Cl. The average molecular weight is 383 g/mol. The minimum atomic E-state index is 0.0579. The molecule has 2 aromatic carbocycles. The Morgan fingerprint density at radius 1 is 1.09 bits per heavy atom. The zero-order valence-corrected chi connectivity index (χ0v) is 15.5. The summed E-state index contributed by atoms with van der Waals surface area (Å²) in [6, 6.07) is 13.8. The Hall–Kier alpha value is -1.03. The fraction of sp³-hybridized carbons (Fsp3) is 0.333. The highest BCUT2D eigenvalue weighted by atomic mass is 79.9. The molecule has 0 radical (unpaired) electrons. The normalized spacial score (nSPS) is 11.5. The van der Waals surface area contributed by atoms with E-state index >= 15 is 0 Å². The Balaban J connectivity index is 2.11. The van der Waals surface area contributed by atoms with Crippen LogP contribution in [0.3, 0.4) is 0 Å². The molecule has 22 heavy (non-hydrogen) atoms. The van der Waals surface area contributed by atoms with Crippen LogP contribution in [0.15, 0.2) is 46.9 Å². The highest BCUT2D eigenvalue weighted by Crippen LogP contribution is 2.26. The summed E-state index contributed by atoms with van der Waals surface area (Å²) in [4.78, 5) is 0. The van der Waals surface area contributed by atoms with Crippen LogP contribution in [0.2, 0.25) is 5.02 Å². The number of hydrogen-bond donors (Lipinski definition) is 1. The van der Waals surface area contributed by atoms with Gasteiger partial charge >= 0.3 is 0 Å². The van der Waals surface area contributed by atoms with E-state index < -0.39 is 0 Å². The van der Waals surface area contributed by atoms with Gasteiger partial charge in [0, 0.05) is 32.7 Å². The lowest BCUT2D eigenvalue weighted by molar-refractivity contribution is 0.300. The van der Waals surface area contributed by atoms with Crippen LogP contribution in [0.5, 0.6) is 5.75 Å². The lowest BCUT2D eigenvalue weighted by atomic mass is 10.1. The third-order valence-electron chi connectivity index (χ3n) is 3.17. The average Bonchev–Trinajstić information content (AvgIpc) is 2.45. The van der Waals surface area contributed by atoms with Gasteiger partial charge < -0.3 is 10.1 Å². The highest BCUT2D eigenvalue weighted by Gasteiger charge is 2.12. The molecule has 0 spiro atoms. The molecule has 0 aromatic heterocycles. The van der Waals surface area contributed by atoms with Gasteiger partial charge in [-0.3, -0.25) is 0 Å². The van der Waals surface area contributed by atoms with E-state index in [4.69, 9.17) is 16.3 Å². The molecule has 0 amide bonds. The van der Waals surface area contributed by atoms with E-state index in [1.54, 1.807) is 0 Å². The molecule has 0 heterocycles. The molecular weight excluding hydrogens is 362 g/mol. The van der Waals surface area contributed by atoms with Crippen molar-refractivity contribution >= 4 is 27.5 Å². The first-order chi connectivity index (χ1) is 10.3.